The van der Waals surface area contributed by atoms with Gasteiger partial charge in [0.1, 0.15) is 15.9 Å². The zero-order valence-corrected chi connectivity index (χ0v) is 12.8. The van der Waals surface area contributed by atoms with Crippen LogP contribution in [0.4, 0.5) is 8.78 Å². The van der Waals surface area contributed by atoms with Gasteiger partial charge >= 0.3 is 5.97 Å². The molecule has 3 heterocycles. The summed E-state index contributed by atoms with van der Waals surface area (Å²) in [5.41, 5.74) is 1.02. The summed E-state index contributed by atoms with van der Waals surface area (Å²) in [7, 11) is 1.28. The molecule has 3 aromatic heterocycles. The molecule has 0 aliphatic rings. The Morgan fingerprint density at radius 3 is 2.82 bits per heavy atom. The van der Waals surface area contributed by atoms with Crippen molar-refractivity contribution in [1.29, 1.82) is 0 Å². The number of aromatic nitrogens is 3. The lowest BCUT2D eigenvalue weighted by atomic mass is 10.2. The molecule has 0 N–H and O–H groups in total. The zero-order valence-electron chi connectivity index (χ0n) is 11.2. The van der Waals surface area contributed by atoms with Gasteiger partial charge < -0.3 is 4.74 Å². The van der Waals surface area contributed by atoms with Gasteiger partial charge in [0.25, 0.3) is 0 Å². The molecule has 0 saturated heterocycles. The summed E-state index contributed by atoms with van der Waals surface area (Å²) in [5, 5.41) is 0. The molecule has 0 aromatic carbocycles. The second-order valence-corrected chi connectivity index (χ2v) is 5.12. The van der Waals surface area contributed by atoms with E-state index in [4.69, 9.17) is 0 Å². The second-order valence-electron chi connectivity index (χ2n) is 4.37. The van der Waals surface area contributed by atoms with Crippen LogP contribution in [0.5, 0.6) is 0 Å². The standard InChI is InChI=1S/C14H8BrF2N3O2/c1-22-14(21)7-2-3-20-10(6-18-11(20)4-7)12-8(16)5-9(17)13(15)19-12/h2-6H,1H3. The summed E-state index contributed by atoms with van der Waals surface area (Å²) in [5.74, 6) is -2.09. The molecule has 0 aliphatic heterocycles. The Labute approximate surface area is 131 Å². The highest BCUT2D eigenvalue weighted by atomic mass is 79.9. The van der Waals surface area contributed by atoms with E-state index in [1.54, 1.807) is 10.6 Å². The van der Waals surface area contributed by atoms with Crippen molar-refractivity contribution in [3.8, 4) is 11.4 Å². The van der Waals surface area contributed by atoms with E-state index in [2.05, 4.69) is 30.6 Å². The molecule has 22 heavy (non-hydrogen) atoms. The van der Waals surface area contributed by atoms with Gasteiger partial charge in [-0.2, -0.15) is 0 Å². The summed E-state index contributed by atoms with van der Waals surface area (Å²) < 4.78 is 33.3. The number of fused-ring (bicyclic) bond motifs is 1. The van der Waals surface area contributed by atoms with Gasteiger partial charge in [-0.15, -0.1) is 0 Å². The van der Waals surface area contributed by atoms with Gasteiger partial charge in [0.2, 0.25) is 0 Å². The number of imidazole rings is 1. The number of methoxy groups -OCH3 is 1. The SMILES string of the molecule is COC(=O)c1ccn2c(-c3nc(Br)c(F)cc3F)cnc2c1. The van der Waals surface area contributed by atoms with Crippen molar-refractivity contribution in [2.24, 2.45) is 0 Å². The molecule has 0 fully saturated rings. The number of rotatable bonds is 2. The monoisotopic (exact) mass is 367 g/mol. The van der Waals surface area contributed by atoms with Crippen LogP contribution in [0, 0.1) is 11.6 Å². The summed E-state index contributed by atoms with van der Waals surface area (Å²) >= 11 is 2.93. The van der Waals surface area contributed by atoms with Crippen molar-refractivity contribution in [1.82, 2.24) is 14.4 Å². The third-order valence-corrected chi connectivity index (χ3v) is 3.62. The molecular formula is C14H8BrF2N3O2. The zero-order chi connectivity index (χ0) is 15.9. The minimum atomic E-state index is -0.806. The fourth-order valence-electron chi connectivity index (χ4n) is 2.02. The Balaban J connectivity index is 2.17. The number of pyridine rings is 2. The maximum Gasteiger partial charge on any atom is 0.338 e. The van der Waals surface area contributed by atoms with Gasteiger partial charge in [0.05, 0.1) is 24.6 Å². The summed E-state index contributed by atoms with van der Waals surface area (Å²) in [6, 6.07) is 3.76. The van der Waals surface area contributed by atoms with Gasteiger partial charge in [-0.1, -0.05) is 0 Å². The number of hydrogen-bond donors (Lipinski definition) is 0. The molecule has 0 atom stereocenters. The van der Waals surface area contributed by atoms with Crippen LogP contribution in [0.1, 0.15) is 10.4 Å². The predicted octanol–water partition coefficient (Wildman–Crippen LogP) is 3.22. The predicted molar refractivity (Wildman–Crippen MR) is 77.4 cm³/mol. The van der Waals surface area contributed by atoms with Crippen molar-refractivity contribution in [3.63, 3.8) is 0 Å². The second kappa shape index (κ2) is 5.45. The first kappa shape index (κ1) is 14.6. The normalized spacial score (nSPS) is 10.9. The quantitative estimate of drug-likeness (QED) is 0.515. The number of esters is 1. The van der Waals surface area contributed by atoms with Gasteiger partial charge in [0.15, 0.2) is 11.6 Å². The van der Waals surface area contributed by atoms with Gasteiger partial charge in [-0.05, 0) is 28.1 Å². The Kier molecular flexibility index (Phi) is 3.61. The Morgan fingerprint density at radius 1 is 1.32 bits per heavy atom. The first-order chi connectivity index (χ1) is 10.5. The maximum atomic E-state index is 13.9. The lowest BCUT2D eigenvalue weighted by molar-refractivity contribution is 0.0600. The van der Waals surface area contributed by atoms with Crippen molar-refractivity contribution in [3.05, 3.63) is 52.4 Å². The van der Waals surface area contributed by atoms with E-state index in [-0.39, 0.29) is 10.3 Å². The van der Waals surface area contributed by atoms with Crippen molar-refractivity contribution in [2.45, 2.75) is 0 Å². The molecule has 0 amide bonds. The van der Waals surface area contributed by atoms with E-state index in [1.165, 1.54) is 25.4 Å². The van der Waals surface area contributed by atoms with E-state index in [0.29, 0.717) is 16.9 Å². The fourth-order valence-corrected chi connectivity index (χ4v) is 2.32. The van der Waals surface area contributed by atoms with Crippen LogP contribution >= 0.6 is 15.9 Å². The molecule has 0 aliphatic carbocycles. The van der Waals surface area contributed by atoms with E-state index in [9.17, 15) is 13.6 Å². The number of ether oxygens (including phenoxy) is 1. The minimum absolute atomic E-state index is 0.0495. The highest BCUT2D eigenvalue weighted by molar-refractivity contribution is 9.10. The maximum absolute atomic E-state index is 13.9. The first-order valence-electron chi connectivity index (χ1n) is 6.08. The molecule has 5 nitrogen and oxygen atoms in total. The summed E-state index contributed by atoms with van der Waals surface area (Å²) in [6.07, 6.45) is 2.94. The van der Waals surface area contributed by atoms with E-state index < -0.39 is 17.6 Å². The third kappa shape index (κ3) is 2.35. The lowest BCUT2D eigenvalue weighted by Crippen LogP contribution is -2.02. The highest BCUT2D eigenvalue weighted by Gasteiger charge is 2.16. The average molecular weight is 368 g/mol. The summed E-state index contributed by atoms with van der Waals surface area (Å²) in [6.45, 7) is 0. The number of hydrogen-bond acceptors (Lipinski definition) is 4. The van der Waals surface area contributed by atoms with Crippen molar-refractivity contribution < 1.29 is 18.3 Å². The minimum Gasteiger partial charge on any atom is -0.465 e. The van der Waals surface area contributed by atoms with Crippen LogP contribution in [0.15, 0.2) is 35.2 Å². The van der Waals surface area contributed by atoms with Crippen LogP contribution in [-0.4, -0.2) is 27.4 Å². The molecule has 112 valence electrons. The van der Waals surface area contributed by atoms with Gasteiger partial charge in [-0.25, -0.2) is 23.5 Å². The number of halogens is 3. The molecule has 0 unspecified atom stereocenters. The van der Waals surface area contributed by atoms with Crippen LogP contribution < -0.4 is 0 Å². The lowest BCUT2D eigenvalue weighted by Gasteiger charge is -2.05. The van der Waals surface area contributed by atoms with E-state index >= 15 is 0 Å². The van der Waals surface area contributed by atoms with Crippen molar-refractivity contribution in [2.75, 3.05) is 7.11 Å². The van der Waals surface area contributed by atoms with Crippen LogP contribution in [0.2, 0.25) is 0 Å². The van der Waals surface area contributed by atoms with Gasteiger partial charge in [-0.3, -0.25) is 4.40 Å². The van der Waals surface area contributed by atoms with Crippen LogP contribution in [0.25, 0.3) is 17.0 Å². The molecule has 0 bridgehead atoms. The largest absolute Gasteiger partial charge is 0.465 e. The Hall–Kier alpha value is -2.35. The molecule has 3 aromatic rings. The first-order valence-corrected chi connectivity index (χ1v) is 6.88. The number of carbonyl (C=O) groups is 1. The fraction of sp³-hybridized carbons (Fsp3) is 0.0714. The third-order valence-electron chi connectivity index (χ3n) is 3.06. The highest BCUT2D eigenvalue weighted by Crippen LogP contribution is 2.26. The average Bonchev–Trinajstić information content (AvgIpc) is 2.93. The van der Waals surface area contributed by atoms with Crippen molar-refractivity contribution >= 4 is 27.5 Å². The molecule has 0 radical (unpaired) electrons. The Morgan fingerprint density at radius 2 is 2.09 bits per heavy atom. The molecule has 3 rings (SSSR count). The topological polar surface area (TPSA) is 56.5 Å². The molecule has 0 spiro atoms. The van der Waals surface area contributed by atoms with E-state index in [0.717, 1.165) is 6.07 Å². The van der Waals surface area contributed by atoms with E-state index in [1.807, 2.05) is 0 Å². The molecule has 8 heteroatoms. The molecule has 0 saturated carbocycles. The molecular weight excluding hydrogens is 360 g/mol. The number of nitrogens with zero attached hydrogens (tertiary/aromatic N) is 3. The van der Waals surface area contributed by atoms with Gasteiger partial charge in [0, 0.05) is 12.3 Å². The summed E-state index contributed by atoms with van der Waals surface area (Å²) in [4.78, 5) is 19.4. The smallest absolute Gasteiger partial charge is 0.338 e. The number of carbonyl (C=O) groups excluding carboxylic acids is 1. The van der Waals surface area contributed by atoms with Crippen LogP contribution in [-0.2, 0) is 4.74 Å². The Bertz CT molecular complexity index is 895. The van der Waals surface area contributed by atoms with Crippen LogP contribution in [0.3, 0.4) is 0 Å².